The topological polar surface area (TPSA) is 18.5 Å². The third-order valence-corrected chi connectivity index (χ3v) is 3.69. The van der Waals surface area contributed by atoms with Crippen molar-refractivity contribution in [2.45, 2.75) is 0 Å². The number of rotatable bonds is 1. The molecular weight excluding hydrogens is 264 g/mol. The van der Waals surface area contributed by atoms with Gasteiger partial charge in [-0.05, 0) is 23.7 Å². The first-order valence-corrected chi connectivity index (χ1v) is 7.02. The van der Waals surface area contributed by atoms with Crippen molar-refractivity contribution in [2.75, 3.05) is 19.5 Å². The summed E-state index contributed by atoms with van der Waals surface area (Å²) in [6.45, 7) is 0.809. The molecule has 1 saturated heterocycles. The molecule has 0 saturated carbocycles. The van der Waals surface area contributed by atoms with Crippen molar-refractivity contribution in [1.29, 1.82) is 0 Å². The number of thioether (sulfide) groups is 1. The van der Waals surface area contributed by atoms with Crippen molar-refractivity contribution >= 4 is 39.1 Å². The highest BCUT2D eigenvalue weighted by atomic mass is 32.2. The third-order valence-electron chi connectivity index (χ3n) is 2.49. The minimum absolute atomic E-state index is 0.704. The average Bonchev–Trinajstić information content (AvgIpc) is 2.90. The summed E-state index contributed by atoms with van der Waals surface area (Å²) in [5.74, 6) is 1.98. The van der Waals surface area contributed by atoms with E-state index in [1.807, 2.05) is 24.3 Å². The van der Waals surface area contributed by atoms with Crippen molar-refractivity contribution < 1.29 is 9.47 Å². The van der Waals surface area contributed by atoms with E-state index in [9.17, 15) is 0 Å². The van der Waals surface area contributed by atoms with Gasteiger partial charge in [0.2, 0.25) is 4.38 Å². The maximum Gasteiger partial charge on any atom is 0.220 e. The van der Waals surface area contributed by atoms with Gasteiger partial charge in [0.1, 0.15) is 5.75 Å². The Bertz CT molecular complexity index is 527. The summed E-state index contributed by atoms with van der Waals surface area (Å²) in [5.41, 5.74) is 0. The van der Waals surface area contributed by atoms with Crippen molar-refractivity contribution in [3.63, 3.8) is 0 Å². The molecule has 0 radical (unpaired) electrons. The molecule has 18 heavy (non-hydrogen) atoms. The zero-order valence-electron chi connectivity index (χ0n) is 10.1. The van der Waals surface area contributed by atoms with Gasteiger partial charge in [0.05, 0.1) is 13.7 Å². The van der Waals surface area contributed by atoms with Crippen LogP contribution < -0.4 is 4.74 Å². The Hall–Kier alpha value is -1.26. The summed E-state index contributed by atoms with van der Waals surface area (Å²) in [6, 6.07) is 14.2. The Morgan fingerprint density at radius 1 is 1.17 bits per heavy atom. The Kier molecular flexibility index (Phi) is 4.84. The fraction of sp³-hybridized carbons (Fsp3) is 0.214. The van der Waals surface area contributed by atoms with E-state index in [1.165, 1.54) is 10.8 Å². The third kappa shape index (κ3) is 3.37. The maximum absolute atomic E-state index is 5.23. The number of hydrogen-bond acceptors (Lipinski definition) is 4. The molecule has 0 bridgehead atoms. The zero-order valence-corrected chi connectivity index (χ0v) is 11.7. The quantitative estimate of drug-likeness (QED) is 0.736. The minimum Gasteiger partial charge on any atom is -0.496 e. The van der Waals surface area contributed by atoms with Crippen LogP contribution in [0.4, 0.5) is 0 Å². The number of hydrogen-bond donors (Lipinski definition) is 0. The Labute approximate surface area is 116 Å². The molecule has 0 aromatic heterocycles. The molecular formula is C14H14O2S2. The van der Waals surface area contributed by atoms with E-state index in [0.717, 1.165) is 18.1 Å². The van der Waals surface area contributed by atoms with Crippen molar-refractivity contribution in [2.24, 2.45) is 0 Å². The van der Waals surface area contributed by atoms with Gasteiger partial charge in [-0.25, -0.2) is 0 Å². The van der Waals surface area contributed by atoms with Crippen LogP contribution in [0.15, 0.2) is 42.5 Å². The fourth-order valence-electron chi connectivity index (χ4n) is 1.67. The van der Waals surface area contributed by atoms with Gasteiger partial charge >= 0.3 is 0 Å². The second-order valence-electron chi connectivity index (χ2n) is 3.63. The Morgan fingerprint density at radius 3 is 2.56 bits per heavy atom. The molecule has 4 heteroatoms. The fourth-order valence-corrected chi connectivity index (χ4v) is 2.50. The lowest BCUT2D eigenvalue weighted by Gasteiger charge is -2.03. The zero-order chi connectivity index (χ0) is 12.8. The molecule has 3 rings (SSSR count). The predicted molar refractivity (Wildman–Crippen MR) is 81.5 cm³/mol. The van der Waals surface area contributed by atoms with Gasteiger partial charge in [-0.2, -0.15) is 0 Å². The second kappa shape index (κ2) is 6.61. The van der Waals surface area contributed by atoms with E-state index >= 15 is 0 Å². The summed E-state index contributed by atoms with van der Waals surface area (Å²) in [4.78, 5) is 0. The highest BCUT2D eigenvalue weighted by molar-refractivity contribution is 8.22. The average molecular weight is 278 g/mol. The summed E-state index contributed by atoms with van der Waals surface area (Å²) in [7, 11) is 1.70. The van der Waals surface area contributed by atoms with Crippen molar-refractivity contribution in [1.82, 2.24) is 0 Å². The van der Waals surface area contributed by atoms with Gasteiger partial charge in [-0.1, -0.05) is 48.2 Å². The van der Waals surface area contributed by atoms with E-state index in [4.69, 9.17) is 9.47 Å². The van der Waals surface area contributed by atoms with Crippen molar-refractivity contribution in [3.8, 4) is 5.75 Å². The number of methoxy groups -OCH3 is 1. The molecule has 0 atom stereocenters. The first-order valence-electron chi connectivity index (χ1n) is 5.62. The summed E-state index contributed by atoms with van der Waals surface area (Å²) in [6.07, 6.45) is 0. The Balaban J connectivity index is 0.000000169. The van der Waals surface area contributed by atoms with Gasteiger partial charge in [0.25, 0.3) is 0 Å². The van der Waals surface area contributed by atoms with Gasteiger partial charge < -0.3 is 9.47 Å². The van der Waals surface area contributed by atoms with Crippen LogP contribution in [0.2, 0.25) is 0 Å². The smallest absolute Gasteiger partial charge is 0.220 e. The largest absolute Gasteiger partial charge is 0.496 e. The molecule has 0 amide bonds. The molecule has 2 aromatic rings. The summed E-state index contributed by atoms with van der Waals surface area (Å²) >= 11 is 6.27. The van der Waals surface area contributed by atoms with E-state index in [-0.39, 0.29) is 0 Å². The standard InChI is InChI=1S/C11H10O.C3H4OS2/c1-12-11-8-4-6-9-5-2-3-7-10(9)11;5-3-4-1-2-6-3/h2-8H,1H3;1-2H2. The predicted octanol–water partition coefficient (Wildman–Crippen LogP) is 3.88. The van der Waals surface area contributed by atoms with Gasteiger partial charge in [-0.15, -0.1) is 0 Å². The highest BCUT2D eigenvalue weighted by Gasteiger charge is 2.04. The normalized spacial score (nSPS) is 13.7. The van der Waals surface area contributed by atoms with Crippen LogP contribution in [0.5, 0.6) is 5.75 Å². The SMILES string of the molecule is COc1cccc2ccccc12.S=C1OCCS1. The minimum atomic E-state index is 0.704. The lowest BCUT2D eigenvalue weighted by molar-refractivity contribution is 0.361. The van der Waals surface area contributed by atoms with E-state index in [0.29, 0.717) is 4.38 Å². The lowest BCUT2D eigenvalue weighted by Crippen LogP contribution is -1.83. The molecule has 1 heterocycles. The molecule has 1 aliphatic heterocycles. The van der Waals surface area contributed by atoms with Crippen LogP contribution in [0.3, 0.4) is 0 Å². The molecule has 2 nitrogen and oxygen atoms in total. The first-order chi connectivity index (χ1) is 8.81. The number of ether oxygens (including phenoxy) is 2. The number of fused-ring (bicyclic) bond motifs is 1. The van der Waals surface area contributed by atoms with E-state index in [1.54, 1.807) is 18.9 Å². The first kappa shape index (κ1) is 13.2. The summed E-state index contributed by atoms with van der Waals surface area (Å²) < 4.78 is 10.8. The number of thiocarbonyl (C=S) groups is 1. The van der Waals surface area contributed by atoms with Crippen LogP contribution in [-0.2, 0) is 4.74 Å². The van der Waals surface area contributed by atoms with Crippen LogP contribution in [0.1, 0.15) is 0 Å². The van der Waals surface area contributed by atoms with Crippen LogP contribution >= 0.6 is 24.0 Å². The molecule has 0 N–H and O–H groups in total. The monoisotopic (exact) mass is 278 g/mol. The molecule has 1 aliphatic rings. The Morgan fingerprint density at radius 2 is 1.94 bits per heavy atom. The molecule has 0 unspecified atom stereocenters. The second-order valence-corrected chi connectivity index (χ2v) is 5.33. The highest BCUT2D eigenvalue weighted by Crippen LogP contribution is 2.24. The van der Waals surface area contributed by atoms with Gasteiger partial charge in [-0.3, -0.25) is 0 Å². The van der Waals surface area contributed by atoms with Crippen LogP contribution in [0.25, 0.3) is 10.8 Å². The van der Waals surface area contributed by atoms with E-state index < -0.39 is 0 Å². The van der Waals surface area contributed by atoms with Crippen LogP contribution in [0, 0.1) is 0 Å². The van der Waals surface area contributed by atoms with E-state index in [2.05, 4.69) is 30.4 Å². The van der Waals surface area contributed by atoms with Gasteiger partial charge in [0.15, 0.2) is 0 Å². The van der Waals surface area contributed by atoms with Gasteiger partial charge in [0, 0.05) is 11.1 Å². The maximum atomic E-state index is 5.23. The molecule has 2 aromatic carbocycles. The van der Waals surface area contributed by atoms with Crippen molar-refractivity contribution in [3.05, 3.63) is 42.5 Å². The molecule has 0 aliphatic carbocycles. The van der Waals surface area contributed by atoms with Crippen LogP contribution in [-0.4, -0.2) is 23.9 Å². The summed E-state index contributed by atoms with van der Waals surface area (Å²) in [5, 5.41) is 2.39. The lowest BCUT2D eigenvalue weighted by atomic mass is 10.1. The molecule has 0 spiro atoms. The number of benzene rings is 2. The molecule has 1 fully saturated rings. The molecule has 94 valence electrons.